The molecule has 0 N–H and O–H groups in total. The molecule has 0 aliphatic carbocycles. The van der Waals surface area contributed by atoms with Gasteiger partial charge in [0.2, 0.25) is 0 Å². The average molecular weight is 215 g/mol. The van der Waals surface area contributed by atoms with Gasteiger partial charge in [0.15, 0.2) is 0 Å². The van der Waals surface area contributed by atoms with Gasteiger partial charge in [-0.25, -0.2) is 4.79 Å². The van der Waals surface area contributed by atoms with Gasteiger partial charge in [-0.05, 0) is 19.8 Å². The summed E-state index contributed by atoms with van der Waals surface area (Å²) in [5.74, 6) is -0.447. The number of ether oxygens (including phenoxy) is 2. The van der Waals surface area contributed by atoms with Crippen LogP contribution in [0.15, 0.2) is 0 Å². The Kier molecular flexibility index (Phi) is 4.39. The molecule has 0 bridgehead atoms. The second kappa shape index (κ2) is 5.58. The van der Waals surface area contributed by atoms with Gasteiger partial charge in [-0.2, -0.15) is 0 Å². The molecule has 1 amide bonds. The summed E-state index contributed by atoms with van der Waals surface area (Å²) in [4.78, 5) is 24.3. The first-order chi connectivity index (χ1) is 7.19. The third kappa shape index (κ3) is 3.11. The van der Waals surface area contributed by atoms with Gasteiger partial charge in [0.25, 0.3) is 0 Å². The highest BCUT2D eigenvalue weighted by Gasteiger charge is 2.29. The fourth-order valence-corrected chi connectivity index (χ4v) is 1.72. The van der Waals surface area contributed by atoms with E-state index in [4.69, 9.17) is 4.74 Å². The zero-order valence-corrected chi connectivity index (χ0v) is 9.19. The summed E-state index contributed by atoms with van der Waals surface area (Å²) in [6.07, 6.45) is 1.26. The van der Waals surface area contributed by atoms with E-state index in [0.29, 0.717) is 19.7 Å². The number of esters is 1. The maximum absolute atomic E-state index is 11.4. The van der Waals surface area contributed by atoms with Crippen molar-refractivity contribution in [2.24, 2.45) is 5.92 Å². The highest BCUT2D eigenvalue weighted by atomic mass is 16.6. The molecule has 0 aromatic carbocycles. The number of likely N-dealkylation sites (tertiary alicyclic amines) is 1. The standard InChI is InChI=1S/C10H17NO4/c1-3-15-10(13)11-6-4-5-8(7-11)9(12)14-2/h8H,3-7H2,1-2H3. The molecule has 5 heteroatoms. The summed E-state index contributed by atoms with van der Waals surface area (Å²) in [7, 11) is 1.37. The summed E-state index contributed by atoms with van der Waals surface area (Å²) in [6, 6.07) is 0. The first kappa shape index (κ1) is 11.8. The Morgan fingerprint density at radius 3 is 2.80 bits per heavy atom. The minimum absolute atomic E-state index is 0.201. The van der Waals surface area contributed by atoms with Gasteiger partial charge in [-0.1, -0.05) is 0 Å². The first-order valence-electron chi connectivity index (χ1n) is 5.18. The quantitative estimate of drug-likeness (QED) is 0.645. The van der Waals surface area contributed by atoms with Crippen LogP contribution in [0.4, 0.5) is 4.79 Å². The van der Waals surface area contributed by atoms with Crippen molar-refractivity contribution in [3.05, 3.63) is 0 Å². The van der Waals surface area contributed by atoms with Crippen molar-refractivity contribution in [3.8, 4) is 0 Å². The zero-order valence-electron chi connectivity index (χ0n) is 9.19. The Balaban J connectivity index is 2.48. The number of amides is 1. The van der Waals surface area contributed by atoms with E-state index in [1.807, 2.05) is 0 Å². The molecule has 86 valence electrons. The van der Waals surface area contributed by atoms with Gasteiger partial charge in [-0.3, -0.25) is 4.79 Å². The Bertz CT molecular complexity index is 242. The zero-order chi connectivity index (χ0) is 11.3. The third-order valence-electron chi connectivity index (χ3n) is 2.48. The van der Waals surface area contributed by atoms with Gasteiger partial charge < -0.3 is 14.4 Å². The Morgan fingerprint density at radius 2 is 2.20 bits per heavy atom. The van der Waals surface area contributed by atoms with E-state index in [1.165, 1.54) is 7.11 Å². The number of hydrogen-bond donors (Lipinski definition) is 0. The van der Waals surface area contributed by atoms with E-state index in [0.717, 1.165) is 12.8 Å². The predicted octanol–water partition coefficient (Wildman–Crippen LogP) is 1.03. The fourth-order valence-electron chi connectivity index (χ4n) is 1.72. The van der Waals surface area contributed by atoms with Crippen LogP contribution in [0.5, 0.6) is 0 Å². The van der Waals surface area contributed by atoms with Gasteiger partial charge >= 0.3 is 12.1 Å². The summed E-state index contributed by atoms with van der Waals surface area (Å²) >= 11 is 0. The molecule has 0 saturated carbocycles. The number of nitrogens with zero attached hydrogens (tertiary/aromatic N) is 1. The number of methoxy groups -OCH3 is 1. The minimum atomic E-state index is -0.342. The lowest BCUT2D eigenvalue weighted by atomic mass is 9.99. The Morgan fingerprint density at radius 1 is 1.47 bits per heavy atom. The van der Waals surface area contributed by atoms with Crippen molar-refractivity contribution < 1.29 is 19.1 Å². The molecule has 1 atom stereocenters. The van der Waals surface area contributed by atoms with Crippen LogP contribution in [0, 0.1) is 5.92 Å². The third-order valence-corrected chi connectivity index (χ3v) is 2.48. The van der Waals surface area contributed by atoms with Gasteiger partial charge in [0, 0.05) is 13.1 Å². The maximum Gasteiger partial charge on any atom is 0.409 e. The van der Waals surface area contributed by atoms with E-state index in [1.54, 1.807) is 11.8 Å². The van der Waals surface area contributed by atoms with E-state index < -0.39 is 0 Å². The molecule has 0 aromatic heterocycles. The second-order valence-electron chi connectivity index (χ2n) is 3.51. The molecule has 0 spiro atoms. The fraction of sp³-hybridized carbons (Fsp3) is 0.800. The predicted molar refractivity (Wildman–Crippen MR) is 53.3 cm³/mol. The molecule has 1 saturated heterocycles. The maximum atomic E-state index is 11.4. The lowest BCUT2D eigenvalue weighted by molar-refractivity contribution is -0.147. The molecule has 1 aliphatic heterocycles. The van der Waals surface area contributed by atoms with E-state index in [9.17, 15) is 9.59 Å². The molecule has 1 fully saturated rings. The lowest BCUT2D eigenvalue weighted by Crippen LogP contribution is -2.42. The van der Waals surface area contributed by atoms with Crippen LogP contribution < -0.4 is 0 Å². The lowest BCUT2D eigenvalue weighted by Gasteiger charge is -2.30. The monoisotopic (exact) mass is 215 g/mol. The molecular formula is C10H17NO4. The van der Waals surface area contributed by atoms with Crippen molar-refractivity contribution in [1.29, 1.82) is 0 Å². The molecule has 1 heterocycles. The van der Waals surface area contributed by atoms with Crippen LogP contribution in [0.1, 0.15) is 19.8 Å². The number of carbonyl (C=O) groups excluding carboxylic acids is 2. The summed E-state index contributed by atoms with van der Waals surface area (Å²) in [6.45, 7) is 3.19. The van der Waals surface area contributed by atoms with E-state index >= 15 is 0 Å². The number of piperidine rings is 1. The molecule has 5 nitrogen and oxygen atoms in total. The van der Waals surface area contributed by atoms with Crippen LogP contribution in [-0.2, 0) is 14.3 Å². The van der Waals surface area contributed by atoms with Crippen molar-refractivity contribution in [3.63, 3.8) is 0 Å². The van der Waals surface area contributed by atoms with Crippen LogP contribution in [0.3, 0.4) is 0 Å². The molecule has 1 rings (SSSR count). The minimum Gasteiger partial charge on any atom is -0.469 e. The molecule has 1 unspecified atom stereocenters. The van der Waals surface area contributed by atoms with Crippen molar-refractivity contribution in [2.45, 2.75) is 19.8 Å². The number of hydrogen-bond acceptors (Lipinski definition) is 4. The van der Waals surface area contributed by atoms with E-state index in [2.05, 4.69) is 4.74 Å². The number of rotatable bonds is 2. The summed E-state index contributed by atoms with van der Waals surface area (Å²) in [5.41, 5.74) is 0. The molecular weight excluding hydrogens is 198 g/mol. The summed E-state index contributed by atoms with van der Waals surface area (Å²) < 4.78 is 9.54. The molecule has 0 aromatic rings. The molecule has 0 radical (unpaired) electrons. The second-order valence-corrected chi connectivity index (χ2v) is 3.51. The smallest absolute Gasteiger partial charge is 0.409 e. The Labute approximate surface area is 89.3 Å². The number of carbonyl (C=O) groups is 2. The molecule has 1 aliphatic rings. The summed E-state index contributed by atoms with van der Waals surface area (Å²) in [5, 5.41) is 0. The SMILES string of the molecule is CCOC(=O)N1CCCC(C(=O)OC)C1. The highest BCUT2D eigenvalue weighted by Crippen LogP contribution is 2.18. The van der Waals surface area contributed by atoms with Crippen molar-refractivity contribution >= 4 is 12.1 Å². The van der Waals surface area contributed by atoms with Gasteiger partial charge in [-0.15, -0.1) is 0 Å². The van der Waals surface area contributed by atoms with Gasteiger partial charge in [0.05, 0.1) is 19.6 Å². The molecule has 15 heavy (non-hydrogen) atoms. The average Bonchev–Trinajstić information content (AvgIpc) is 2.28. The van der Waals surface area contributed by atoms with Crippen LogP contribution in [0.25, 0.3) is 0 Å². The topological polar surface area (TPSA) is 55.8 Å². The van der Waals surface area contributed by atoms with E-state index in [-0.39, 0.29) is 18.0 Å². The first-order valence-corrected chi connectivity index (χ1v) is 5.18. The van der Waals surface area contributed by atoms with Gasteiger partial charge in [0.1, 0.15) is 0 Å². The van der Waals surface area contributed by atoms with Crippen LogP contribution >= 0.6 is 0 Å². The van der Waals surface area contributed by atoms with Crippen molar-refractivity contribution in [2.75, 3.05) is 26.8 Å². The largest absolute Gasteiger partial charge is 0.469 e. The van der Waals surface area contributed by atoms with Crippen LogP contribution in [0.2, 0.25) is 0 Å². The normalized spacial score (nSPS) is 20.9. The Hall–Kier alpha value is -1.26. The highest BCUT2D eigenvalue weighted by molar-refractivity contribution is 5.74. The van der Waals surface area contributed by atoms with Crippen LogP contribution in [-0.4, -0.2) is 43.8 Å². The van der Waals surface area contributed by atoms with Crippen molar-refractivity contribution in [1.82, 2.24) is 4.90 Å².